The Morgan fingerprint density at radius 3 is 2.48 bits per heavy atom. The third-order valence-corrected chi connectivity index (χ3v) is 4.50. The first-order valence-corrected chi connectivity index (χ1v) is 9.07. The molecule has 3 N–H and O–H groups in total. The number of hydrogen-bond acceptors (Lipinski definition) is 4. The van der Waals surface area contributed by atoms with Gasteiger partial charge in [0.05, 0.1) is 25.3 Å². The van der Waals surface area contributed by atoms with E-state index in [4.69, 9.17) is 10.5 Å². The van der Waals surface area contributed by atoms with Crippen molar-refractivity contribution in [3.63, 3.8) is 0 Å². The van der Waals surface area contributed by atoms with Crippen molar-refractivity contribution in [2.45, 2.75) is 44.7 Å². The fourth-order valence-corrected chi connectivity index (χ4v) is 3.03. The van der Waals surface area contributed by atoms with Gasteiger partial charge in [-0.15, -0.1) is 0 Å². The van der Waals surface area contributed by atoms with E-state index in [1.807, 2.05) is 35.2 Å². The smallest absolute Gasteiger partial charge is 0.240 e. The molecule has 6 nitrogen and oxygen atoms in total. The monoisotopic (exact) mass is 347 g/mol. The van der Waals surface area contributed by atoms with E-state index in [-0.39, 0.29) is 5.91 Å². The van der Waals surface area contributed by atoms with Gasteiger partial charge in [0.1, 0.15) is 0 Å². The molecule has 1 aromatic carbocycles. The standard InChI is InChI=1S/C19H29N3O3/c1-2-3-9-16(18(20)23)21-17(14-15-7-5-4-6-8-15)19(24)22-10-12-25-13-11-22/h4-8,16-17,21H,2-3,9-14H2,1H3,(H2,20,23)/t16-,17-/m0/s1. The van der Waals surface area contributed by atoms with Crippen LogP contribution in [-0.2, 0) is 20.7 Å². The lowest BCUT2D eigenvalue weighted by atomic mass is 10.0. The maximum absolute atomic E-state index is 13.0. The number of nitrogens with two attached hydrogens (primary N) is 1. The van der Waals surface area contributed by atoms with Crippen molar-refractivity contribution in [1.29, 1.82) is 0 Å². The molecule has 6 heteroatoms. The Hall–Kier alpha value is -1.92. The van der Waals surface area contributed by atoms with E-state index in [0.717, 1.165) is 18.4 Å². The number of unbranched alkanes of at least 4 members (excludes halogenated alkanes) is 1. The summed E-state index contributed by atoms with van der Waals surface area (Å²) in [4.78, 5) is 26.6. The first-order chi connectivity index (χ1) is 12.1. The van der Waals surface area contributed by atoms with E-state index in [1.54, 1.807) is 0 Å². The third-order valence-electron chi connectivity index (χ3n) is 4.50. The molecule has 1 aromatic rings. The minimum absolute atomic E-state index is 0.00917. The van der Waals surface area contributed by atoms with Gasteiger partial charge in [0, 0.05) is 13.1 Å². The molecule has 25 heavy (non-hydrogen) atoms. The number of nitrogens with one attached hydrogen (secondary N) is 1. The van der Waals surface area contributed by atoms with Crippen molar-refractivity contribution in [2.24, 2.45) is 5.73 Å². The number of amides is 2. The average Bonchev–Trinajstić information content (AvgIpc) is 2.65. The van der Waals surface area contributed by atoms with Crippen LogP contribution in [0.5, 0.6) is 0 Å². The molecule has 0 bridgehead atoms. The number of morpholine rings is 1. The highest BCUT2D eigenvalue weighted by Gasteiger charge is 2.29. The Bertz CT molecular complexity index is 544. The van der Waals surface area contributed by atoms with Crippen LogP contribution in [0.3, 0.4) is 0 Å². The molecule has 0 radical (unpaired) electrons. The van der Waals surface area contributed by atoms with Crippen molar-refractivity contribution in [2.75, 3.05) is 26.3 Å². The first kappa shape index (κ1) is 19.4. The molecule has 1 heterocycles. The highest BCUT2D eigenvalue weighted by atomic mass is 16.5. The lowest BCUT2D eigenvalue weighted by Crippen LogP contribution is -2.56. The van der Waals surface area contributed by atoms with Gasteiger partial charge in [-0.05, 0) is 18.4 Å². The van der Waals surface area contributed by atoms with Crippen molar-refractivity contribution >= 4 is 11.8 Å². The largest absolute Gasteiger partial charge is 0.378 e. The number of carbonyl (C=O) groups excluding carboxylic acids is 2. The van der Waals surface area contributed by atoms with E-state index in [1.165, 1.54) is 0 Å². The quantitative estimate of drug-likeness (QED) is 0.700. The van der Waals surface area contributed by atoms with E-state index in [0.29, 0.717) is 39.1 Å². The minimum atomic E-state index is -0.487. The molecular weight excluding hydrogens is 318 g/mol. The molecule has 2 rings (SSSR count). The second kappa shape index (κ2) is 10.2. The van der Waals surface area contributed by atoms with Gasteiger partial charge in [0.15, 0.2) is 0 Å². The number of rotatable bonds is 9. The van der Waals surface area contributed by atoms with Crippen LogP contribution in [0.1, 0.15) is 31.7 Å². The summed E-state index contributed by atoms with van der Waals surface area (Å²) in [7, 11) is 0. The van der Waals surface area contributed by atoms with Gasteiger partial charge in [0.25, 0.3) is 0 Å². The Balaban J connectivity index is 2.11. The summed E-state index contributed by atoms with van der Waals surface area (Å²) >= 11 is 0. The van der Waals surface area contributed by atoms with E-state index in [9.17, 15) is 9.59 Å². The zero-order valence-corrected chi connectivity index (χ0v) is 14.9. The predicted molar refractivity (Wildman–Crippen MR) is 97.0 cm³/mol. The molecule has 0 spiro atoms. The van der Waals surface area contributed by atoms with Crippen LogP contribution in [0, 0.1) is 0 Å². The summed E-state index contributed by atoms with van der Waals surface area (Å²) in [6, 6.07) is 8.89. The summed E-state index contributed by atoms with van der Waals surface area (Å²) in [6.07, 6.45) is 3.05. The number of nitrogens with zero attached hydrogens (tertiary/aromatic N) is 1. The minimum Gasteiger partial charge on any atom is -0.378 e. The van der Waals surface area contributed by atoms with Crippen molar-refractivity contribution in [3.8, 4) is 0 Å². The summed E-state index contributed by atoms with van der Waals surface area (Å²) in [5.74, 6) is -0.392. The summed E-state index contributed by atoms with van der Waals surface area (Å²) in [5, 5.41) is 3.23. The molecule has 2 amide bonds. The zero-order valence-electron chi connectivity index (χ0n) is 14.9. The Morgan fingerprint density at radius 2 is 1.88 bits per heavy atom. The Kier molecular flexibility index (Phi) is 7.88. The lowest BCUT2D eigenvalue weighted by molar-refractivity contribution is -0.138. The second-order valence-corrected chi connectivity index (χ2v) is 6.44. The second-order valence-electron chi connectivity index (χ2n) is 6.44. The van der Waals surface area contributed by atoms with Crippen LogP contribution < -0.4 is 11.1 Å². The van der Waals surface area contributed by atoms with Crippen LogP contribution >= 0.6 is 0 Å². The van der Waals surface area contributed by atoms with Crippen LogP contribution in [0.2, 0.25) is 0 Å². The number of hydrogen-bond donors (Lipinski definition) is 2. The van der Waals surface area contributed by atoms with E-state index >= 15 is 0 Å². The zero-order chi connectivity index (χ0) is 18.1. The molecular formula is C19H29N3O3. The fourth-order valence-electron chi connectivity index (χ4n) is 3.03. The van der Waals surface area contributed by atoms with Crippen molar-refractivity contribution in [1.82, 2.24) is 10.2 Å². The number of primary amides is 1. The predicted octanol–water partition coefficient (Wildman–Crippen LogP) is 1.09. The Morgan fingerprint density at radius 1 is 1.20 bits per heavy atom. The lowest BCUT2D eigenvalue weighted by Gasteiger charge is -2.32. The highest BCUT2D eigenvalue weighted by Crippen LogP contribution is 2.10. The molecule has 0 saturated carbocycles. The molecule has 138 valence electrons. The molecule has 0 aromatic heterocycles. The molecule has 1 aliphatic rings. The molecule has 0 unspecified atom stereocenters. The van der Waals surface area contributed by atoms with Gasteiger partial charge in [-0.2, -0.15) is 0 Å². The van der Waals surface area contributed by atoms with Gasteiger partial charge < -0.3 is 15.4 Å². The van der Waals surface area contributed by atoms with Crippen LogP contribution in [-0.4, -0.2) is 55.1 Å². The van der Waals surface area contributed by atoms with E-state index in [2.05, 4.69) is 12.2 Å². The number of carbonyl (C=O) groups is 2. The van der Waals surface area contributed by atoms with Crippen LogP contribution in [0.25, 0.3) is 0 Å². The van der Waals surface area contributed by atoms with Crippen molar-refractivity contribution in [3.05, 3.63) is 35.9 Å². The van der Waals surface area contributed by atoms with Crippen LogP contribution in [0.4, 0.5) is 0 Å². The SMILES string of the molecule is CCCC[C@H](N[C@@H](Cc1ccccc1)C(=O)N1CCOCC1)C(N)=O. The van der Waals surface area contributed by atoms with Gasteiger partial charge in [-0.25, -0.2) is 0 Å². The number of benzene rings is 1. The van der Waals surface area contributed by atoms with Gasteiger partial charge in [-0.3, -0.25) is 14.9 Å². The summed E-state index contributed by atoms with van der Waals surface area (Å²) in [5.41, 5.74) is 6.61. The van der Waals surface area contributed by atoms with Crippen molar-refractivity contribution < 1.29 is 14.3 Å². The first-order valence-electron chi connectivity index (χ1n) is 9.07. The third kappa shape index (κ3) is 6.14. The van der Waals surface area contributed by atoms with E-state index < -0.39 is 18.0 Å². The topological polar surface area (TPSA) is 84.7 Å². The highest BCUT2D eigenvalue weighted by molar-refractivity contribution is 5.85. The van der Waals surface area contributed by atoms with Crippen LogP contribution in [0.15, 0.2) is 30.3 Å². The maximum Gasteiger partial charge on any atom is 0.240 e. The summed E-state index contributed by atoms with van der Waals surface area (Å²) in [6.45, 7) is 4.35. The average molecular weight is 347 g/mol. The summed E-state index contributed by atoms with van der Waals surface area (Å²) < 4.78 is 5.33. The van der Waals surface area contributed by atoms with Gasteiger partial charge in [0.2, 0.25) is 11.8 Å². The number of ether oxygens (including phenoxy) is 1. The normalized spacial score (nSPS) is 17.1. The molecule has 1 aliphatic heterocycles. The molecule has 2 atom stereocenters. The van der Waals surface area contributed by atoms with Gasteiger partial charge >= 0.3 is 0 Å². The molecule has 1 fully saturated rings. The van der Waals surface area contributed by atoms with Gasteiger partial charge in [-0.1, -0.05) is 50.1 Å². The maximum atomic E-state index is 13.0. The molecule has 0 aliphatic carbocycles. The Labute approximate surface area is 149 Å². The fraction of sp³-hybridized carbons (Fsp3) is 0.579. The molecule has 1 saturated heterocycles.